The predicted molar refractivity (Wildman–Crippen MR) is 82.9 cm³/mol. The molecule has 0 bridgehead atoms. The minimum absolute atomic E-state index is 0.456. The average molecular weight is 279 g/mol. The van der Waals surface area contributed by atoms with Crippen LogP contribution >= 0.6 is 11.8 Å². The van der Waals surface area contributed by atoms with Crippen molar-refractivity contribution in [2.75, 3.05) is 12.4 Å². The normalized spacial score (nSPS) is 19.3. The van der Waals surface area contributed by atoms with Crippen LogP contribution in [-0.4, -0.2) is 24.5 Å². The first-order chi connectivity index (χ1) is 9.15. The fraction of sp³-hybridized carbons (Fsp3) is 0.625. The largest absolute Gasteiger partial charge is 0.377 e. The molecule has 1 aromatic rings. The van der Waals surface area contributed by atoms with Gasteiger partial charge in [0.25, 0.3) is 0 Å². The smallest absolute Gasteiger partial charge is 0.0669 e. The van der Waals surface area contributed by atoms with E-state index >= 15 is 0 Å². The fourth-order valence-electron chi connectivity index (χ4n) is 2.26. The highest BCUT2D eigenvalue weighted by molar-refractivity contribution is 7.99. The summed E-state index contributed by atoms with van der Waals surface area (Å²) in [5, 5.41) is 3.51. The minimum Gasteiger partial charge on any atom is -0.377 e. The highest BCUT2D eigenvalue weighted by atomic mass is 32.2. The van der Waals surface area contributed by atoms with Crippen molar-refractivity contribution in [3.63, 3.8) is 0 Å². The first-order valence-electron chi connectivity index (χ1n) is 7.22. The lowest BCUT2D eigenvalue weighted by Crippen LogP contribution is -2.22. The summed E-state index contributed by atoms with van der Waals surface area (Å²) in [6.07, 6.45) is 2.90. The van der Waals surface area contributed by atoms with Gasteiger partial charge in [0.1, 0.15) is 0 Å². The van der Waals surface area contributed by atoms with Gasteiger partial charge in [0, 0.05) is 29.8 Å². The quantitative estimate of drug-likeness (QED) is 0.801. The molecule has 1 aromatic carbocycles. The van der Waals surface area contributed by atoms with E-state index in [1.165, 1.54) is 28.9 Å². The van der Waals surface area contributed by atoms with E-state index in [1.54, 1.807) is 0 Å². The zero-order valence-corrected chi connectivity index (χ0v) is 13.1. The molecule has 0 aliphatic carbocycles. The lowest BCUT2D eigenvalue weighted by Gasteiger charge is -2.15. The Balaban J connectivity index is 1.96. The molecular weight excluding hydrogens is 254 g/mol. The zero-order valence-electron chi connectivity index (χ0n) is 12.2. The van der Waals surface area contributed by atoms with Crippen LogP contribution in [0.25, 0.3) is 0 Å². The Morgan fingerprint density at radius 3 is 2.95 bits per heavy atom. The Labute approximate surface area is 121 Å². The van der Waals surface area contributed by atoms with Gasteiger partial charge in [-0.2, -0.15) is 0 Å². The van der Waals surface area contributed by atoms with E-state index in [4.69, 9.17) is 4.74 Å². The molecule has 2 nitrogen and oxygen atoms in total. The van der Waals surface area contributed by atoms with Gasteiger partial charge in [-0.25, -0.2) is 0 Å². The number of thioether (sulfide) groups is 1. The maximum Gasteiger partial charge on any atom is 0.0669 e. The predicted octanol–water partition coefficient (Wildman–Crippen LogP) is 3.76. The summed E-state index contributed by atoms with van der Waals surface area (Å²) in [5.41, 5.74) is 2.75. The van der Waals surface area contributed by atoms with Gasteiger partial charge in [0.05, 0.1) is 6.10 Å². The second-order valence-corrected chi connectivity index (χ2v) is 6.65. The van der Waals surface area contributed by atoms with Crippen LogP contribution in [0.2, 0.25) is 0 Å². The van der Waals surface area contributed by atoms with E-state index in [-0.39, 0.29) is 0 Å². The van der Waals surface area contributed by atoms with Crippen LogP contribution in [0, 0.1) is 6.92 Å². The maximum atomic E-state index is 5.70. The Morgan fingerprint density at radius 2 is 2.26 bits per heavy atom. The second kappa shape index (κ2) is 7.32. The van der Waals surface area contributed by atoms with Crippen molar-refractivity contribution >= 4 is 11.8 Å². The van der Waals surface area contributed by atoms with Gasteiger partial charge in [-0.1, -0.05) is 31.5 Å². The van der Waals surface area contributed by atoms with Crippen LogP contribution in [0.4, 0.5) is 0 Å². The monoisotopic (exact) mass is 279 g/mol. The summed E-state index contributed by atoms with van der Waals surface area (Å²) in [7, 11) is 0. The van der Waals surface area contributed by atoms with Crippen LogP contribution < -0.4 is 5.32 Å². The van der Waals surface area contributed by atoms with E-state index in [0.717, 1.165) is 18.9 Å². The summed E-state index contributed by atoms with van der Waals surface area (Å²) in [4.78, 5) is 1.40. The summed E-state index contributed by atoms with van der Waals surface area (Å²) in [6.45, 7) is 8.44. The summed E-state index contributed by atoms with van der Waals surface area (Å²) >= 11 is 1.94. The molecule has 0 radical (unpaired) electrons. The summed E-state index contributed by atoms with van der Waals surface area (Å²) in [5.74, 6) is 1.08. The number of aryl methyl sites for hydroxylation is 1. The van der Waals surface area contributed by atoms with Crippen molar-refractivity contribution in [2.45, 2.75) is 57.2 Å². The molecule has 3 heteroatoms. The van der Waals surface area contributed by atoms with Crippen LogP contribution in [0.1, 0.15) is 37.8 Å². The number of nitrogens with one attached hydrogen (secondary N) is 1. The van der Waals surface area contributed by atoms with Crippen molar-refractivity contribution in [3.8, 4) is 0 Å². The molecular formula is C16H25NOS. The third kappa shape index (κ3) is 4.83. The van der Waals surface area contributed by atoms with Gasteiger partial charge in [-0.05, 0) is 31.4 Å². The van der Waals surface area contributed by atoms with Crippen LogP contribution in [0.15, 0.2) is 23.1 Å². The van der Waals surface area contributed by atoms with Crippen molar-refractivity contribution in [3.05, 3.63) is 29.3 Å². The summed E-state index contributed by atoms with van der Waals surface area (Å²) < 4.78 is 5.70. The number of benzene rings is 1. The van der Waals surface area contributed by atoms with Gasteiger partial charge in [0.2, 0.25) is 0 Å². The van der Waals surface area contributed by atoms with E-state index in [1.807, 2.05) is 11.8 Å². The van der Waals surface area contributed by atoms with Crippen molar-refractivity contribution in [2.24, 2.45) is 0 Å². The first-order valence-corrected chi connectivity index (χ1v) is 8.21. The van der Waals surface area contributed by atoms with Crippen LogP contribution in [0.5, 0.6) is 0 Å². The molecule has 0 aromatic heterocycles. The molecule has 1 saturated heterocycles. The molecule has 1 N–H and O–H groups in total. The van der Waals surface area contributed by atoms with Gasteiger partial charge in [-0.3, -0.25) is 0 Å². The maximum absolute atomic E-state index is 5.70. The number of rotatable bonds is 6. The Bertz CT molecular complexity index is 400. The zero-order chi connectivity index (χ0) is 13.7. The van der Waals surface area contributed by atoms with Gasteiger partial charge < -0.3 is 10.1 Å². The van der Waals surface area contributed by atoms with E-state index in [2.05, 4.69) is 44.3 Å². The van der Waals surface area contributed by atoms with E-state index in [0.29, 0.717) is 12.1 Å². The lowest BCUT2D eigenvalue weighted by atomic mass is 10.1. The number of hydrogen-bond acceptors (Lipinski definition) is 3. The van der Waals surface area contributed by atoms with Gasteiger partial charge in [-0.15, -0.1) is 11.8 Å². The molecule has 19 heavy (non-hydrogen) atoms. The van der Waals surface area contributed by atoms with Gasteiger partial charge in [0.15, 0.2) is 0 Å². The average Bonchev–Trinajstić information content (AvgIpc) is 2.88. The topological polar surface area (TPSA) is 21.3 Å². The third-order valence-corrected chi connectivity index (χ3v) is 4.61. The SMILES string of the molecule is Cc1ccc(SCC2CCCO2)c(CNC(C)C)c1. The lowest BCUT2D eigenvalue weighted by molar-refractivity contribution is 0.129. The standard InChI is InChI=1S/C16H25NOS/c1-12(2)17-10-14-9-13(3)6-7-16(14)19-11-15-5-4-8-18-15/h6-7,9,12,15,17H,4-5,8,10-11H2,1-3H3. The Hall–Kier alpha value is -0.510. The minimum atomic E-state index is 0.456. The second-order valence-electron chi connectivity index (χ2n) is 5.59. The molecule has 1 atom stereocenters. The molecule has 1 heterocycles. The molecule has 0 saturated carbocycles. The highest BCUT2D eigenvalue weighted by Gasteiger charge is 2.16. The van der Waals surface area contributed by atoms with Crippen molar-refractivity contribution < 1.29 is 4.74 Å². The molecule has 0 spiro atoms. The molecule has 1 aliphatic rings. The number of ether oxygens (including phenoxy) is 1. The fourth-order valence-corrected chi connectivity index (χ4v) is 3.37. The van der Waals surface area contributed by atoms with Crippen LogP contribution in [-0.2, 0) is 11.3 Å². The van der Waals surface area contributed by atoms with Crippen LogP contribution in [0.3, 0.4) is 0 Å². The Morgan fingerprint density at radius 1 is 1.42 bits per heavy atom. The number of hydrogen-bond donors (Lipinski definition) is 1. The van der Waals surface area contributed by atoms with E-state index < -0.39 is 0 Å². The molecule has 1 aliphatic heterocycles. The summed E-state index contributed by atoms with van der Waals surface area (Å²) in [6, 6.07) is 7.28. The van der Waals surface area contributed by atoms with E-state index in [9.17, 15) is 0 Å². The Kier molecular flexibility index (Phi) is 5.74. The molecule has 106 valence electrons. The van der Waals surface area contributed by atoms with Gasteiger partial charge >= 0.3 is 0 Å². The molecule has 1 unspecified atom stereocenters. The van der Waals surface area contributed by atoms with Crippen molar-refractivity contribution in [1.82, 2.24) is 5.32 Å². The first kappa shape index (κ1) is 14.9. The third-order valence-electron chi connectivity index (χ3n) is 3.37. The highest BCUT2D eigenvalue weighted by Crippen LogP contribution is 2.27. The molecule has 0 amide bonds. The van der Waals surface area contributed by atoms with Crippen molar-refractivity contribution in [1.29, 1.82) is 0 Å². The molecule has 2 rings (SSSR count). The molecule has 1 fully saturated rings.